The molecule has 0 atom stereocenters. The standard InChI is InChI=1S/2C48H30N2/c2*1-2-12-33(13-3-1)49-45-20-10-8-18-40(45)43-28-31(22-26-47(43)49)32-23-27-48-44(29-32)41-19-9-11-21-46(41)50(48)34-24-25-39-37-16-5-4-14-35(37)36-15-6-7-17-38(36)42(39)30-34/h2*1-30H/i8D,9D;8D. The molecule has 0 N–H and O–H groups in total. The predicted octanol–water partition coefficient (Wildman–Crippen LogP) is 26.0. The Balaban J connectivity index is 0.000000134. The first-order valence-corrected chi connectivity index (χ1v) is 34.3. The van der Waals surface area contributed by atoms with Crippen LogP contribution in [0.1, 0.15) is 4.11 Å². The smallest absolute Gasteiger partial charge is 0.0623 e. The van der Waals surface area contributed by atoms with E-state index in [0.29, 0.717) is 18.1 Å². The van der Waals surface area contributed by atoms with Gasteiger partial charge in [0, 0.05) is 65.8 Å². The molecule has 0 unspecified atom stereocenters. The van der Waals surface area contributed by atoms with E-state index < -0.39 is 0 Å². The van der Waals surface area contributed by atoms with E-state index in [9.17, 15) is 0 Å². The van der Waals surface area contributed by atoms with Gasteiger partial charge in [0.05, 0.1) is 48.2 Å². The quantitative estimate of drug-likeness (QED) is 0.148. The number of rotatable bonds is 6. The van der Waals surface area contributed by atoms with Crippen molar-refractivity contribution in [2.24, 2.45) is 0 Å². The molecule has 22 rings (SSSR count). The van der Waals surface area contributed by atoms with Gasteiger partial charge in [-0.2, -0.15) is 0 Å². The summed E-state index contributed by atoms with van der Waals surface area (Å²) in [6.07, 6.45) is 0. The van der Waals surface area contributed by atoms with Gasteiger partial charge in [0.2, 0.25) is 0 Å². The first-order valence-electron chi connectivity index (χ1n) is 35.8. The first kappa shape index (κ1) is 52.9. The number of fused-ring (bicyclic) bond motifs is 24. The Morgan fingerprint density at radius 3 is 0.690 bits per heavy atom. The third-order valence-corrected chi connectivity index (χ3v) is 21.2. The fraction of sp³-hybridized carbons (Fsp3) is 0. The van der Waals surface area contributed by atoms with Crippen LogP contribution in [-0.2, 0) is 0 Å². The van der Waals surface area contributed by atoms with Crippen molar-refractivity contribution in [1.29, 1.82) is 0 Å². The van der Waals surface area contributed by atoms with Gasteiger partial charge in [0.25, 0.3) is 0 Å². The second-order valence-electron chi connectivity index (χ2n) is 26.4. The summed E-state index contributed by atoms with van der Waals surface area (Å²) >= 11 is 0. The van der Waals surface area contributed by atoms with Gasteiger partial charge >= 0.3 is 0 Å². The zero-order valence-corrected chi connectivity index (χ0v) is 54.2. The molecule has 0 amide bonds. The summed E-state index contributed by atoms with van der Waals surface area (Å²) in [6.45, 7) is 0. The van der Waals surface area contributed by atoms with Gasteiger partial charge in [-0.15, -0.1) is 0 Å². The van der Waals surface area contributed by atoms with Crippen LogP contribution in [0.5, 0.6) is 0 Å². The Morgan fingerprint density at radius 1 is 0.140 bits per heavy atom. The van der Waals surface area contributed by atoms with E-state index in [-0.39, 0.29) is 0 Å². The molecule has 4 heteroatoms. The van der Waals surface area contributed by atoms with E-state index in [1.165, 1.54) is 92.0 Å². The highest BCUT2D eigenvalue weighted by molar-refractivity contribution is 6.27. The molecule has 0 fully saturated rings. The first-order chi connectivity index (χ1) is 50.8. The SMILES string of the molecule is [2H]c1ccc2c(c1)c1cc(-c3ccc4c(c3)c3cc([2H])ccc3n4-c3ccc4c5ccccc5c5ccccc5c4c3)ccc1n2-c1ccccc1.[2H]c1ccc2c(c1)c1cc(-c3ccc4c(c3)c3ccccc3n4-c3ccc4c5ccccc5c5ccccc5c4c3)ccc1n2-c1ccccc1. The molecular weight excluding hydrogens is 1210 g/mol. The van der Waals surface area contributed by atoms with Crippen LogP contribution in [0, 0.1) is 0 Å². The van der Waals surface area contributed by atoms with Gasteiger partial charge in [-0.25, -0.2) is 0 Å². The van der Waals surface area contributed by atoms with Crippen LogP contribution < -0.4 is 0 Å². The monoisotopic (exact) mass is 1270 g/mol. The van der Waals surface area contributed by atoms with Gasteiger partial charge in [-0.3, -0.25) is 0 Å². The van der Waals surface area contributed by atoms with E-state index in [4.69, 9.17) is 4.11 Å². The second-order valence-corrected chi connectivity index (χ2v) is 26.4. The predicted molar refractivity (Wildman–Crippen MR) is 426 cm³/mol. The van der Waals surface area contributed by atoms with Crippen molar-refractivity contribution in [3.8, 4) is 45.0 Å². The average Bonchev–Trinajstić information content (AvgIpc) is 1.70. The van der Waals surface area contributed by atoms with Gasteiger partial charge < -0.3 is 18.3 Å². The summed E-state index contributed by atoms with van der Waals surface area (Å²) in [5, 5.41) is 24.3. The van der Waals surface area contributed by atoms with Crippen molar-refractivity contribution >= 4 is 152 Å². The van der Waals surface area contributed by atoms with Crippen LogP contribution in [0.15, 0.2) is 364 Å². The van der Waals surface area contributed by atoms with Crippen LogP contribution in [0.2, 0.25) is 0 Å². The molecule has 464 valence electrons. The normalized spacial score (nSPS) is 12.4. The van der Waals surface area contributed by atoms with E-state index in [0.717, 1.165) is 105 Å². The van der Waals surface area contributed by atoms with Crippen LogP contribution in [-0.4, -0.2) is 18.3 Å². The lowest BCUT2D eigenvalue weighted by Crippen LogP contribution is -1.94. The van der Waals surface area contributed by atoms with E-state index in [1.54, 1.807) is 0 Å². The minimum atomic E-state index is 0.495. The fourth-order valence-corrected chi connectivity index (χ4v) is 16.8. The minimum Gasteiger partial charge on any atom is -0.309 e. The highest BCUT2D eigenvalue weighted by Crippen LogP contribution is 2.44. The number of aromatic nitrogens is 4. The third-order valence-electron chi connectivity index (χ3n) is 21.2. The van der Waals surface area contributed by atoms with Gasteiger partial charge in [0.15, 0.2) is 0 Å². The van der Waals surface area contributed by atoms with Gasteiger partial charge in [0.1, 0.15) is 0 Å². The molecule has 0 aliphatic rings. The highest BCUT2D eigenvalue weighted by Gasteiger charge is 2.21. The van der Waals surface area contributed by atoms with Crippen molar-refractivity contribution in [3.05, 3.63) is 364 Å². The van der Waals surface area contributed by atoms with Crippen LogP contribution in [0.4, 0.5) is 0 Å². The van der Waals surface area contributed by atoms with Crippen molar-refractivity contribution in [2.75, 3.05) is 0 Å². The molecule has 0 bridgehead atoms. The molecule has 0 aliphatic heterocycles. The minimum absolute atomic E-state index is 0.495. The Labute approximate surface area is 579 Å². The Morgan fingerprint density at radius 2 is 0.370 bits per heavy atom. The summed E-state index contributed by atoms with van der Waals surface area (Å²) < 4.78 is 34.8. The molecule has 0 spiro atoms. The maximum atomic E-state index is 8.59. The number of benzene rings is 18. The van der Waals surface area contributed by atoms with E-state index in [2.05, 4.69) is 316 Å². The molecule has 4 aromatic heterocycles. The zero-order chi connectivity index (χ0) is 68.1. The Hall–Kier alpha value is -13.3. The van der Waals surface area contributed by atoms with Crippen LogP contribution in [0.3, 0.4) is 0 Å². The maximum absolute atomic E-state index is 8.59. The number of hydrogen-bond donors (Lipinski definition) is 0. The Kier molecular flexibility index (Phi) is 11.7. The molecule has 4 heterocycles. The van der Waals surface area contributed by atoms with Gasteiger partial charge in [-0.05, 0) is 208 Å². The molecule has 18 aromatic carbocycles. The molecule has 0 radical (unpaired) electrons. The molecule has 22 aromatic rings. The van der Waals surface area contributed by atoms with Gasteiger partial charge in [-0.1, -0.05) is 243 Å². The molecule has 0 aliphatic carbocycles. The molecule has 0 saturated carbocycles. The van der Waals surface area contributed by atoms with Crippen molar-refractivity contribution < 1.29 is 4.11 Å². The average molecular weight is 1270 g/mol. The number of nitrogens with zero attached hydrogens (tertiary/aromatic N) is 4. The number of hydrogen-bond acceptors (Lipinski definition) is 0. The van der Waals surface area contributed by atoms with E-state index in [1.807, 2.05) is 48.5 Å². The third kappa shape index (κ3) is 8.47. The summed E-state index contributed by atoms with van der Waals surface area (Å²) in [4.78, 5) is 0. The maximum Gasteiger partial charge on any atom is 0.0623 e. The fourth-order valence-electron chi connectivity index (χ4n) is 16.8. The van der Waals surface area contributed by atoms with E-state index >= 15 is 0 Å². The number of para-hydroxylation sites is 6. The summed E-state index contributed by atoms with van der Waals surface area (Å²) in [6, 6.07) is 125. The van der Waals surface area contributed by atoms with Crippen molar-refractivity contribution in [3.63, 3.8) is 0 Å². The van der Waals surface area contributed by atoms with Crippen molar-refractivity contribution in [1.82, 2.24) is 18.3 Å². The second kappa shape index (κ2) is 22.1. The largest absolute Gasteiger partial charge is 0.309 e. The lowest BCUT2D eigenvalue weighted by atomic mass is 9.94. The summed E-state index contributed by atoms with van der Waals surface area (Å²) in [5.74, 6) is 0. The molecule has 100 heavy (non-hydrogen) atoms. The molecular formula is C96H60N4. The lowest BCUT2D eigenvalue weighted by Gasteiger charge is -2.14. The summed E-state index contributed by atoms with van der Waals surface area (Å²) in [5.41, 5.74) is 18.0. The van der Waals surface area contributed by atoms with Crippen molar-refractivity contribution in [2.45, 2.75) is 0 Å². The molecule has 0 saturated heterocycles. The highest BCUT2D eigenvalue weighted by atomic mass is 15.0. The Bertz CT molecular complexity index is 7270. The van der Waals surface area contributed by atoms with Crippen LogP contribution in [0.25, 0.3) is 197 Å². The zero-order valence-electron chi connectivity index (χ0n) is 57.2. The summed E-state index contributed by atoms with van der Waals surface area (Å²) in [7, 11) is 0. The van der Waals surface area contributed by atoms with Crippen LogP contribution >= 0.6 is 0 Å². The topological polar surface area (TPSA) is 19.7 Å². The lowest BCUT2D eigenvalue weighted by molar-refractivity contribution is 1.18. The molecule has 4 nitrogen and oxygen atoms in total.